The Morgan fingerprint density at radius 2 is 1.66 bits per heavy atom. The van der Waals surface area contributed by atoms with Crippen molar-refractivity contribution in [3.8, 4) is 0 Å². The molecular formula is C32H41N2O4+. The van der Waals surface area contributed by atoms with Gasteiger partial charge in [0.25, 0.3) is 0 Å². The van der Waals surface area contributed by atoms with Crippen LogP contribution in [0.1, 0.15) is 85.1 Å². The van der Waals surface area contributed by atoms with Gasteiger partial charge >= 0.3 is 5.97 Å². The SMILES string of the molecule is CC1=C(C(=O)OC2CCCC2)C(c2cccc([NH3+])c2)C2=C(CC(c3c(C)cc(C)cc3C)CC2=O)N1.CO. The number of ketones is 1. The van der Waals surface area contributed by atoms with Gasteiger partial charge in [-0.25, -0.2) is 4.79 Å². The Balaban J connectivity index is 0.00000164. The Morgan fingerprint density at radius 1 is 1.00 bits per heavy atom. The quantitative estimate of drug-likeness (QED) is 0.499. The zero-order chi connectivity index (χ0) is 27.6. The van der Waals surface area contributed by atoms with Crippen LogP contribution in [-0.2, 0) is 14.3 Å². The van der Waals surface area contributed by atoms with Crippen LogP contribution in [0.15, 0.2) is 58.9 Å². The van der Waals surface area contributed by atoms with Crippen LogP contribution in [0.5, 0.6) is 0 Å². The number of esters is 1. The third kappa shape index (κ3) is 5.47. The van der Waals surface area contributed by atoms with Gasteiger partial charge in [-0.1, -0.05) is 29.8 Å². The molecule has 6 heteroatoms. The van der Waals surface area contributed by atoms with Gasteiger partial charge in [-0.3, -0.25) is 4.79 Å². The normalized spacial score (nSPS) is 21.5. The molecule has 5 N–H and O–H groups in total. The van der Waals surface area contributed by atoms with Gasteiger partial charge in [-0.05, 0) is 94.0 Å². The lowest BCUT2D eigenvalue weighted by atomic mass is 9.70. The number of nitrogens with one attached hydrogen (secondary N) is 1. The van der Waals surface area contributed by atoms with Gasteiger partial charge < -0.3 is 20.9 Å². The number of quaternary nitrogens is 1. The minimum atomic E-state index is -0.439. The minimum Gasteiger partial charge on any atom is -0.459 e. The van der Waals surface area contributed by atoms with E-state index in [9.17, 15) is 9.59 Å². The molecule has 0 bridgehead atoms. The number of allylic oxidation sites excluding steroid dienone is 3. The number of benzene rings is 2. The molecule has 2 aliphatic carbocycles. The molecule has 3 aliphatic rings. The monoisotopic (exact) mass is 517 g/mol. The summed E-state index contributed by atoms with van der Waals surface area (Å²) in [7, 11) is 1.00. The van der Waals surface area contributed by atoms with Crippen molar-refractivity contribution in [1.29, 1.82) is 0 Å². The highest BCUT2D eigenvalue weighted by Crippen LogP contribution is 2.47. The fraction of sp³-hybridized carbons (Fsp3) is 0.438. The van der Waals surface area contributed by atoms with E-state index in [1.54, 1.807) is 0 Å². The number of aryl methyl sites for hydroxylation is 3. The second kappa shape index (κ2) is 11.7. The summed E-state index contributed by atoms with van der Waals surface area (Å²) in [6.07, 6.45) is 5.15. The average molecular weight is 518 g/mol. The molecule has 1 fully saturated rings. The Bertz CT molecular complexity index is 1280. The van der Waals surface area contributed by atoms with E-state index in [4.69, 9.17) is 9.84 Å². The number of carbonyl (C=O) groups excluding carboxylic acids is 2. The summed E-state index contributed by atoms with van der Waals surface area (Å²) in [4.78, 5) is 27.5. The summed E-state index contributed by atoms with van der Waals surface area (Å²) in [5.41, 5.74) is 13.8. The second-order valence-electron chi connectivity index (χ2n) is 10.9. The zero-order valence-electron chi connectivity index (χ0n) is 23.3. The molecule has 0 saturated heterocycles. The van der Waals surface area contributed by atoms with Crippen molar-refractivity contribution in [1.82, 2.24) is 5.32 Å². The number of hydrogen-bond acceptors (Lipinski definition) is 5. The van der Waals surface area contributed by atoms with Crippen LogP contribution >= 0.6 is 0 Å². The first-order chi connectivity index (χ1) is 18.2. The fourth-order valence-corrected chi connectivity index (χ4v) is 6.68. The van der Waals surface area contributed by atoms with E-state index in [0.717, 1.165) is 61.9 Å². The molecule has 0 aromatic heterocycles. The number of carbonyl (C=O) groups is 2. The van der Waals surface area contributed by atoms with Gasteiger partial charge in [-0.15, -0.1) is 0 Å². The summed E-state index contributed by atoms with van der Waals surface area (Å²) < 4.78 is 5.96. The van der Waals surface area contributed by atoms with Gasteiger partial charge in [0, 0.05) is 42.5 Å². The van der Waals surface area contributed by atoms with Crippen LogP contribution < -0.4 is 11.1 Å². The molecule has 2 atom stereocenters. The summed E-state index contributed by atoms with van der Waals surface area (Å²) >= 11 is 0. The van der Waals surface area contributed by atoms with E-state index in [0.29, 0.717) is 17.6 Å². The number of rotatable bonds is 4. The van der Waals surface area contributed by atoms with E-state index in [1.165, 1.54) is 22.3 Å². The molecule has 2 unspecified atom stereocenters. The van der Waals surface area contributed by atoms with E-state index in [1.807, 2.05) is 31.2 Å². The first-order valence-electron chi connectivity index (χ1n) is 13.6. The summed E-state index contributed by atoms with van der Waals surface area (Å²) in [6, 6.07) is 12.3. The van der Waals surface area contributed by atoms with Crippen LogP contribution in [0.3, 0.4) is 0 Å². The van der Waals surface area contributed by atoms with Crippen LogP contribution in [0.4, 0.5) is 5.69 Å². The lowest BCUT2D eigenvalue weighted by Crippen LogP contribution is -2.40. The van der Waals surface area contributed by atoms with E-state index < -0.39 is 5.92 Å². The van der Waals surface area contributed by atoms with Gasteiger partial charge in [0.1, 0.15) is 11.8 Å². The van der Waals surface area contributed by atoms with Gasteiger partial charge in [0.15, 0.2) is 5.78 Å². The zero-order valence-corrected chi connectivity index (χ0v) is 23.3. The largest absolute Gasteiger partial charge is 0.459 e. The van der Waals surface area contributed by atoms with Crippen LogP contribution in [0.25, 0.3) is 0 Å². The maximum Gasteiger partial charge on any atom is 0.337 e. The molecular weight excluding hydrogens is 476 g/mol. The molecule has 5 rings (SSSR count). The van der Waals surface area contributed by atoms with Crippen molar-refractivity contribution in [2.75, 3.05) is 7.11 Å². The highest BCUT2D eigenvalue weighted by Gasteiger charge is 2.42. The summed E-state index contributed by atoms with van der Waals surface area (Å²) in [5, 5.41) is 10.5. The van der Waals surface area contributed by atoms with E-state index in [2.05, 4.69) is 44.0 Å². The first kappa shape index (κ1) is 27.8. The number of Topliss-reactive ketones (excluding diaryl/α,β-unsaturated/α-hetero) is 1. The lowest BCUT2D eigenvalue weighted by molar-refractivity contribution is -0.254. The highest BCUT2D eigenvalue weighted by molar-refractivity contribution is 6.04. The Hall–Kier alpha value is -3.22. The van der Waals surface area contributed by atoms with Crippen molar-refractivity contribution in [3.63, 3.8) is 0 Å². The Morgan fingerprint density at radius 3 is 2.29 bits per heavy atom. The number of aliphatic hydroxyl groups is 1. The first-order valence-corrected chi connectivity index (χ1v) is 13.6. The molecule has 38 heavy (non-hydrogen) atoms. The Labute approximate surface area is 226 Å². The number of ether oxygens (including phenoxy) is 1. The smallest absolute Gasteiger partial charge is 0.337 e. The highest BCUT2D eigenvalue weighted by atomic mass is 16.5. The van der Waals surface area contributed by atoms with Crippen LogP contribution in [0, 0.1) is 20.8 Å². The molecule has 1 heterocycles. The minimum absolute atomic E-state index is 0.0353. The van der Waals surface area contributed by atoms with Crippen molar-refractivity contribution in [3.05, 3.63) is 86.8 Å². The molecule has 1 aliphatic heterocycles. The molecule has 2 aromatic carbocycles. The van der Waals surface area contributed by atoms with E-state index >= 15 is 0 Å². The molecule has 1 saturated carbocycles. The van der Waals surface area contributed by atoms with Gasteiger partial charge in [-0.2, -0.15) is 0 Å². The maximum absolute atomic E-state index is 13.9. The lowest BCUT2D eigenvalue weighted by Gasteiger charge is -2.37. The van der Waals surface area contributed by atoms with Crippen molar-refractivity contribution >= 4 is 17.4 Å². The Kier molecular flexibility index (Phi) is 8.54. The fourth-order valence-electron chi connectivity index (χ4n) is 6.68. The summed E-state index contributed by atoms with van der Waals surface area (Å²) in [5.74, 6) is -0.529. The van der Waals surface area contributed by atoms with Crippen molar-refractivity contribution in [2.45, 2.75) is 84.2 Å². The number of dihydropyridines is 1. The second-order valence-corrected chi connectivity index (χ2v) is 10.9. The van der Waals surface area contributed by atoms with E-state index in [-0.39, 0.29) is 23.8 Å². The molecule has 6 nitrogen and oxygen atoms in total. The number of aliphatic hydroxyl groups excluding tert-OH is 1. The predicted octanol–water partition coefficient (Wildman–Crippen LogP) is 4.94. The maximum atomic E-state index is 13.9. The number of hydrogen-bond donors (Lipinski definition) is 3. The van der Waals surface area contributed by atoms with Crippen molar-refractivity contribution < 1.29 is 25.2 Å². The topological polar surface area (TPSA) is 103 Å². The summed E-state index contributed by atoms with van der Waals surface area (Å²) in [6.45, 7) is 8.33. The molecule has 202 valence electrons. The van der Waals surface area contributed by atoms with Crippen molar-refractivity contribution in [2.24, 2.45) is 0 Å². The molecule has 0 spiro atoms. The predicted molar refractivity (Wildman–Crippen MR) is 149 cm³/mol. The van der Waals surface area contributed by atoms with Crippen LogP contribution in [0.2, 0.25) is 0 Å². The standard InChI is InChI=1S/C31H36N2O3.CH4O/c1-17-12-18(2)27(19(3)13-17)22-15-25-30(26(34)16-22)29(21-8-7-9-23(32)14-21)28(20(4)33-25)31(35)36-24-10-5-6-11-24;1-2/h7-9,12-14,22,24,29,33H,5-6,10-11,15-16,32H2,1-4H3;2H,1H3/p+1. The van der Waals surface area contributed by atoms with Gasteiger partial charge in [0.05, 0.1) is 5.57 Å². The molecule has 2 aromatic rings. The van der Waals surface area contributed by atoms with Gasteiger partial charge in [0.2, 0.25) is 0 Å². The molecule has 0 amide bonds. The molecule has 0 radical (unpaired) electrons. The van der Waals surface area contributed by atoms with Crippen LogP contribution in [-0.4, -0.2) is 30.1 Å². The average Bonchev–Trinajstić information content (AvgIpc) is 3.36. The third-order valence-corrected chi connectivity index (χ3v) is 8.05. The third-order valence-electron chi connectivity index (χ3n) is 8.05.